The average molecular weight is 252 g/mol. The SMILES string of the molecule is CC1=C(C)C(C)C(O[Si](C)(C)C(C)(C)C)=C1C. The van der Waals surface area contributed by atoms with Crippen LogP contribution in [0.5, 0.6) is 0 Å². The number of allylic oxidation sites excluding steroid dienone is 3. The fourth-order valence-electron chi connectivity index (χ4n) is 1.92. The first-order valence-electron chi connectivity index (χ1n) is 6.56. The molecule has 0 N–H and O–H groups in total. The fraction of sp³-hybridized carbons (Fsp3) is 0.733. The highest BCUT2D eigenvalue weighted by Gasteiger charge is 2.41. The standard InChI is InChI=1S/C15H28OSi/c1-10-11(2)13(4)14(12(10)3)16-17(8,9)15(5,6)7/h12H,1-9H3. The van der Waals surface area contributed by atoms with E-state index in [0.29, 0.717) is 5.92 Å². The zero-order chi connectivity index (χ0) is 13.6. The molecule has 0 aromatic carbocycles. The highest BCUT2D eigenvalue weighted by molar-refractivity contribution is 6.74. The molecule has 1 aliphatic rings. The smallest absolute Gasteiger partial charge is 0.250 e. The van der Waals surface area contributed by atoms with Crippen LogP contribution in [0.4, 0.5) is 0 Å². The predicted octanol–water partition coefficient (Wildman–Crippen LogP) is 5.27. The minimum atomic E-state index is -1.70. The molecule has 0 heterocycles. The van der Waals surface area contributed by atoms with E-state index in [1.165, 1.54) is 22.5 Å². The van der Waals surface area contributed by atoms with Crippen molar-refractivity contribution in [1.29, 1.82) is 0 Å². The quantitative estimate of drug-likeness (QED) is 0.608. The molecule has 1 atom stereocenters. The summed E-state index contributed by atoms with van der Waals surface area (Å²) in [6.45, 7) is 20.4. The third-order valence-electron chi connectivity index (χ3n) is 4.74. The van der Waals surface area contributed by atoms with Gasteiger partial charge in [0, 0.05) is 5.92 Å². The molecule has 1 nitrogen and oxygen atoms in total. The highest BCUT2D eigenvalue weighted by atomic mass is 28.4. The molecule has 0 aromatic heterocycles. The molecule has 0 saturated heterocycles. The summed E-state index contributed by atoms with van der Waals surface area (Å²) < 4.78 is 6.51. The van der Waals surface area contributed by atoms with Crippen LogP contribution < -0.4 is 0 Å². The van der Waals surface area contributed by atoms with Crippen molar-refractivity contribution in [2.75, 3.05) is 0 Å². The Bertz CT molecular complexity index is 380. The van der Waals surface area contributed by atoms with Crippen molar-refractivity contribution in [3.8, 4) is 0 Å². The molecule has 1 rings (SSSR count). The van der Waals surface area contributed by atoms with Gasteiger partial charge in [-0.25, -0.2) is 0 Å². The van der Waals surface area contributed by atoms with Gasteiger partial charge in [0.1, 0.15) is 0 Å². The Kier molecular flexibility index (Phi) is 3.69. The number of hydrogen-bond acceptors (Lipinski definition) is 1. The largest absolute Gasteiger partial charge is 0.546 e. The molecule has 0 bridgehead atoms. The van der Waals surface area contributed by atoms with Crippen molar-refractivity contribution in [3.63, 3.8) is 0 Å². The lowest BCUT2D eigenvalue weighted by Gasteiger charge is -2.38. The van der Waals surface area contributed by atoms with Gasteiger partial charge in [0.15, 0.2) is 0 Å². The van der Waals surface area contributed by atoms with E-state index in [1.54, 1.807) is 0 Å². The molecular weight excluding hydrogens is 224 g/mol. The minimum absolute atomic E-state index is 0.268. The lowest BCUT2D eigenvalue weighted by Crippen LogP contribution is -2.41. The van der Waals surface area contributed by atoms with Crippen LogP contribution >= 0.6 is 0 Å². The molecule has 0 aromatic rings. The molecular formula is C15H28OSi. The first kappa shape index (κ1) is 14.6. The normalized spacial score (nSPS) is 22.5. The predicted molar refractivity (Wildman–Crippen MR) is 78.5 cm³/mol. The lowest BCUT2D eigenvalue weighted by atomic mass is 10.0. The van der Waals surface area contributed by atoms with Crippen LogP contribution in [0, 0.1) is 5.92 Å². The topological polar surface area (TPSA) is 9.23 Å². The van der Waals surface area contributed by atoms with E-state index in [2.05, 4.69) is 61.6 Å². The number of hydrogen-bond donors (Lipinski definition) is 0. The summed E-state index contributed by atoms with van der Waals surface area (Å²) >= 11 is 0. The van der Waals surface area contributed by atoms with E-state index in [-0.39, 0.29) is 5.04 Å². The molecule has 1 aliphatic carbocycles. The Morgan fingerprint density at radius 2 is 1.47 bits per heavy atom. The van der Waals surface area contributed by atoms with Crippen molar-refractivity contribution >= 4 is 8.32 Å². The van der Waals surface area contributed by atoms with Gasteiger partial charge in [0.25, 0.3) is 0 Å². The monoisotopic (exact) mass is 252 g/mol. The molecule has 0 aliphatic heterocycles. The summed E-state index contributed by atoms with van der Waals surface area (Å²) in [6.07, 6.45) is 0. The van der Waals surface area contributed by atoms with E-state index in [1.807, 2.05) is 0 Å². The van der Waals surface area contributed by atoms with Crippen LogP contribution in [0.15, 0.2) is 22.5 Å². The molecule has 0 saturated carbocycles. The van der Waals surface area contributed by atoms with E-state index in [4.69, 9.17) is 4.43 Å². The van der Waals surface area contributed by atoms with Crippen LogP contribution in [0.1, 0.15) is 48.5 Å². The molecule has 0 spiro atoms. The van der Waals surface area contributed by atoms with Gasteiger partial charge in [0.05, 0.1) is 5.76 Å². The fourth-order valence-corrected chi connectivity index (χ4v) is 3.11. The zero-order valence-corrected chi connectivity index (χ0v) is 14.0. The van der Waals surface area contributed by atoms with Crippen molar-refractivity contribution in [2.24, 2.45) is 5.92 Å². The van der Waals surface area contributed by atoms with Gasteiger partial charge in [-0.05, 0) is 50.0 Å². The summed E-state index contributed by atoms with van der Waals surface area (Å²) in [4.78, 5) is 0. The summed E-state index contributed by atoms with van der Waals surface area (Å²) in [5, 5.41) is 0.268. The lowest BCUT2D eigenvalue weighted by molar-refractivity contribution is 0.344. The van der Waals surface area contributed by atoms with Crippen molar-refractivity contribution in [1.82, 2.24) is 0 Å². The Hall–Kier alpha value is -0.503. The molecule has 0 radical (unpaired) electrons. The summed E-state index contributed by atoms with van der Waals surface area (Å²) in [7, 11) is -1.70. The summed E-state index contributed by atoms with van der Waals surface area (Å²) in [5.74, 6) is 1.69. The summed E-state index contributed by atoms with van der Waals surface area (Å²) in [6, 6.07) is 0. The Morgan fingerprint density at radius 1 is 1.00 bits per heavy atom. The van der Waals surface area contributed by atoms with Crippen LogP contribution in [0.3, 0.4) is 0 Å². The Labute approximate surface area is 108 Å². The summed E-state index contributed by atoms with van der Waals surface area (Å²) in [5.41, 5.74) is 4.25. The zero-order valence-electron chi connectivity index (χ0n) is 13.0. The maximum atomic E-state index is 6.51. The highest BCUT2D eigenvalue weighted by Crippen LogP contribution is 2.43. The van der Waals surface area contributed by atoms with Gasteiger partial charge < -0.3 is 4.43 Å². The Morgan fingerprint density at radius 3 is 1.76 bits per heavy atom. The van der Waals surface area contributed by atoms with Crippen molar-refractivity contribution in [3.05, 3.63) is 22.5 Å². The molecule has 98 valence electrons. The average Bonchev–Trinajstić information content (AvgIpc) is 2.34. The van der Waals surface area contributed by atoms with Crippen LogP contribution in [-0.4, -0.2) is 8.32 Å². The van der Waals surface area contributed by atoms with Crippen molar-refractivity contribution in [2.45, 2.75) is 66.6 Å². The maximum absolute atomic E-state index is 6.51. The van der Waals surface area contributed by atoms with Gasteiger partial charge in [-0.15, -0.1) is 0 Å². The van der Waals surface area contributed by atoms with E-state index < -0.39 is 8.32 Å². The van der Waals surface area contributed by atoms with E-state index in [9.17, 15) is 0 Å². The molecule has 0 fully saturated rings. The third kappa shape index (κ3) is 2.52. The second-order valence-corrected chi connectivity index (χ2v) is 11.6. The van der Waals surface area contributed by atoms with E-state index in [0.717, 1.165) is 0 Å². The van der Waals surface area contributed by atoms with E-state index >= 15 is 0 Å². The first-order valence-corrected chi connectivity index (χ1v) is 9.47. The molecule has 1 unspecified atom stereocenters. The first-order chi connectivity index (χ1) is 7.49. The van der Waals surface area contributed by atoms with Crippen LogP contribution in [-0.2, 0) is 4.43 Å². The van der Waals surface area contributed by atoms with Gasteiger partial charge in [0.2, 0.25) is 8.32 Å². The second-order valence-electron chi connectivity index (χ2n) is 6.88. The molecule has 2 heteroatoms. The maximum Gasteiger partial charge on any atom is 0.250 e. The van der Waals surface area contributed by atoms with Crippen molar-refractivity contribution < 1.29 is 4.43 Å². The Balaban J connectivity index is 3.01. The van der Waals surface area contributed by atoms with Crippen LogP contribution in [0.25, 0.3) is 0 Å². The van der Waals surface area contributed by atoms with Gasteiger partial charge in [-0.3, -0.25) is 0 Å². The van der Waals surface area contributed by atoms with Gasteiger partial charge in [-0.2, -0.15) is 0 Å². The second kappa shape index (κ2) is 4.31. The van der Waals surface area contributed by atoms with Crippen LogP contribution in [0.2, 0.25) is 18.1 Å². The van der Waals surface area contributed by atoms with Gasteiger partial charge >= 0.3 is 0 Å². The number of rotatable bonds is 2. The third-order valence-corrected chi connectivity index (χ3v) is 9.08. The molecule has 17 heavy (non-hydrogen) atoms. The van der Waals surface area contributed by atoms with Gasteiger partial charge in [-0.1, -0.05) is 33.3 Å². The molecule has 0 amide bonds. The minimum Gasteiger partial charge on any atom is -0.546 e.